The predicted molar refractivity (Wildman–Crippen MR) is 62.5 cm³/mol. The molecule has 1 aliphatic heterocycles. The third kappa shape index (κ3) is 3.76. The molecule has 0 unspecified atom stereocenters. The highest BCUT2D eigenvalue weighted by Gasteiger charge is 2.27. The van der Waals surface area contributed by atoms with E-state index < -0.39 is 5.97 Å². The van der Waals surface area contributed by atoms with Crippen molar-refractivity contribution in [3.63, 3.8) is 0 Å². The number of methoxy groups -OCH3 is 1. The summed E-state index contributed by atoms with van der Waals surface area (Å²) >= 11 is 0. The number of ether oxygens (including phenoxy) is 1. The Kier molecular flexibility index (Phi) is 5.77. The summed E-state index contributed by atoms with van der Waals surface area (Å²) in [5.74, 6) is 0.0281. The molecule has 1 N–H and O–H groups in total. The van der Waals surface area contributed by atoms with Crippen molar-refractivity contribution < 1.29 is 14.6 Å². The monoisotopic (exact) mass is 229 g/mol. The van der Waals surface area contributed by atoms with Crippen LogP contribution in [0.4, 0.5) is 0 Å². The molecule has 1 aliphatic rings. The summed E-state index contributed by atoms with van der Waals surface area (Å²) in [5, 5.41) is 9.07. The maximum absolute atomic E-state index is 11.0. The zero-order chi connectivity index (χ0) is 12.0. The minimum absolute atomic E-state index is 0.289. The highest BCUT2D eigenvalue weighted by atomic mass is 16.5. The Morgan fingerprint density at radius 2 is 2.12 bits per heavy atom. The number of hydrogen-bond donors (Lipinski definition) is 1. The molecule has 94 valence electrons. The van der Waals surface area contributed by atoms with Crippen LogP contribution in [0.1, 0.15) is 32.6 Å². The number of aliphatic carboxylic acids is 1. The molecule has 16 heavy (non-hydrogen) atoms. The van der Waals surface area contributed by atoms with E-state index >= 15 is 0 Å². The molecule has 0 spiro atoms. The maximum atomic E-state index is 11.0. The molecular formula is C12H23NO3. The van der Waals surface area contributed by atoms with Gasteiger partial charge in [-0.05, 0) is 44.7 Å². The summed E-state index contributed by atoms with van der Waals surface area (Å²) < 4.78 is 5.07. The third-order valence-electron chi connectivity index (χ3n) is 3.49. The van der Waals surface area contributed by atoms with E-state index in [-0.39, 0.29) is 6.04 Å². The van der Waals surface area contributed by atoms with Gasteiger partial charge in [-0.1, -0.05) is 6.92 Å². The Labute approximate surface area is 97.6 Å². The molecule has 1 rings (SSSR count). The van der Waals surface area contributed by atoms with Crippen molar-refractivity contribution in [2.75, 3.05) is 26.8 Å². The fourth-order valence-electron chi connectivity index (χ4n) is 2.43. The predicted octanol–water partition coefficient (Wildman–Crippen LogP) is 1.60. The van der Waals surface area contributed by atoms with E-state index in [0.29, 0.717) is 12.3 Å². The summed E-state index contributed by atoms with van der Waals surface area (Å²) in [4.78, 5) is 13.1. The molecular weight excluding hydrogens is 206 g/mol. The average molecular weight is 229 g/mol. The SMILES string of the molecule is CC[C@H](C(=O)O)N1CCC(CCOC)CC1. The Morgan fingerprint density at radius 1 is 1.50 bits per heavy atom. The topological polar surface area (TPSA) is 49.8 Å². The van der Waals surface area contributed by atoms with E-state index in [1.165, 1.54) is 0 Å². The highest BCUT2D eigenvalue weighted by molar-refractivity contribution is 5.73. The molecule has 1 atom stereocenters. The normalized spacial score (nSPS) is 20.9. The fraction of sp³-hybridized carbons (Fsp3) is 0.917. The summed E-state index contributed by atoms with van der Waals surface area (Å²) in [6, 6.07) is -0.289. The average Bonchev–Trinajstić information content (AvgIpc) is 2.28. The lowest BCUT2D eigenvalue weighted by Gasteiger charge is -2.35. The van der Waals surface area contributed by atoms with Gasteiger partial charge in [0, 0.05) is 13.7 Å². The van der Waals surface area contributed by atoms with Gasteiger partial charge in [0.2, 0.25) is 0 Å². The molecule has 0 radical (unpaired) electrons. The van der Waals surface area contributed by atoms with Gasteiger partial charge in [0.25, 0.3) is 0 Å². The van der Waals surface area contributed by atoms with Gasteiger partial charge in [-0.25, -0.2) is 0 Å². The van der Waals surface area contributed by atoms with Crippen molar-refractivity contribution in [2.24, 2.45) is 5.92 Å². The zero-order valence-electron chi connectivity index (χ0n) is 10.3. The van der Waals surface area contributed by atoms with Gasteiger partial charge in [0.1, 0.15) is 6.04 Å². The van der Waals surface area contributed by atoms with Crippen LogP contribution in [0.2, 0.25) is 0 Å². The van der Waals surface area contributed by atoms with Crippen molar-refractivity contribution >= 4 is 5.97 Å². The van der Waals surface area contributed by atoms with Crippen LogP contribution in [0, 0.1) is 5.92 Å². The van der Waals surface area contributed by atoms with Crippen molar-refractivity contribution in [3.05, 3.63) is 0 Å². The van der Waals surface area contributed by atoms with Crippen LogP contribution in [0.3, 0.4) is 0 Å². The second kappa shape index (κ2) is 6.86. The molecule has 0 aromatic rings. The van der Waals surface area contributed by atoms with Crippen LogP contribution in [0.25, 0.3) is 0 Å². The molecule has 1 fully saturated rings. The first-order valence-electron chi connectivity index (χ1n) is 6.14. The molecule has 0 saturated carbocycles. The first kappa shape index (κ1) is 13.5. The first-order valence-corrected chi connectivity index (χ1v) is 6.14. The number of likely N-dealkylation sites (tertiary alicyclic amines) is 1. The summed E-state index contributed by atoms with van der Waals surface area (Å²) in [5.41, 5.74) is 0. The molecule has 1 heterocycles. The minimum atomic E-state index is -0.683. The lowest BCUT2D eigenvalue weighted by atomic mass is 9.93. The number of nitrogens with zero attached hydrogens (tertiary/aromatic N) is 1. The van der Waals surface area contributed by atoms with E-state index in [1.54, 1.807) is 7.11 Å². The Balaban J connectivity index is 2.33. The van der Waals surface area contributed by atoms with Crippen LogP contribution in [0.15, 0.2) is 0 Å². The Morgan fingerprint density at radius 3 is 2.56 bits per heavy atom. The summed E-state index contributed by atoms with van der Waals surface area (Å²) in [7, 11) is 1.73. The van der Waals surface area contributed by atoms with E-state index in [4.69, 9.17) is 9.84 Å². The molecule has 0 aromatic carbocycles. The van der Waals surface area contributed by atoms with E-state index in [1.807, 2.05) is 6.92 Å². The molecule has 0 aliphatic carbocycles. The van der Waals surface area contributed by atoms with E-state index in [2.05, 4.69) is 4.90 Å². The number of piperidine rings is 1. The van der Waals surface area contributed by atoms with E-state index in [0.717, 1.165) is 39.0 Å². The number of hydrogen-bond acceptors (Lipinski definition) is 3. The number of carbonyl (C=O) groups is 1. The zero-order valence-corrected chi connectivity index (χ0v) is 10.3. The Hall–Kier alpha value is -0.610. The van der Waals surface area contributed by atoms with Gasteiger partial charge < -0.3 is 9.84 Å². The van der Waals surface area contributed by atoms with Crippen molar-refractivity contribution in [2.45, 2.75) is 38.6 Å². The minimum Gasteiger partial charge on any atom is -0.480 e. The quantitative estimate of drug-likeness (QED) is 0.751. The van der Waals surface area contributed by atoms with Crippen molar-refractivity contribution in [1.29, 1.82) is 0 Å². The molecule has 1 saturated heterocycles. The van der Waals surface area contributed by atoms with Gasteiger partial charge in [-0.2, -0.15) is 0 Å². The lowest BCUT2D eigenvalue weighted by molar-refractivity contribution is -0.144. The molecule has 4 heteroatoms. The van der Waals surface area contributed by atoms with Crippen LogP contribution < -0.4 is 0 Å². The van der Waals surface area contributed by atoms with Crippen LogP contribution >= 0.6 is 0 Å². The lowest BCUT2D eigenvalue weighted by Crippen LogP contribution is -2.45. The van der Waals surface area contributed by atoms with Gasteiger partial charge in [0.05, 0.1) is 0 Å². The molecule has 0 bridgehead atoms. The first-order chi connectivity index (χ1) is 7.69. The van der Waals surface area contributed by atoms with Gasteiger partial charge in [0.15, 0.2) is 0 Å². The summed E-state index contributed by atoms with van der Waals surface area (Å²) in [6.45, 7) is 4.59. The van der Waals surface area contributed by atoms with Crippen LogP contribution in [-0.2, 0) is 9.53 Å². The van der Waals surface area contributed by atoms with E-state index in [9.17, 15) is 4.79 Å². The largest absolute Gasteiger partial charge is 0.480 e. The van der Waals surface area contributed by atoms with Crippen molar-refractivity contribution in [3.8, 4) is 0 Å². The van der Waals surface area contributed by atoms with Gasteiger partial charge in [-0.3, -0.25) is 9.69 Å². The second-order valence-electron chi connectivity index (χ2n) is 4.52. The standard InChI is InChI=1S/C12H23NO3/c1-3-11(12(14)15)13-7-4-10(5-8-13)6-9-16-2/h10-11H,3-9H2,1-2H3,(H,14,15)/t11-/m1/s1. The molecule has 0 amide bonds. The fourth-order valence-corrected chi connectivity index (χ4v) is 2.43. The second-order valence-corrected chi connectivity index (χ2v) is 4.52. The summed E-state index contributed by atoms with van der Waals surface area (Å²) in [6.07, 6.45) is 4.01. The van der Waals surface area contributed by atoms with Crippen LogP contribution in [0.5, 0.6) is 0 Å². The highest BCUT2D eigenvalue weighted by Crippen LogP contribution is 2.22. The van der Waals surface area contributed by atoms with Crippen molar-refractivity contribution in [1.82, 2.24) is 4.90 Å². The Bertz CT molecular complexity index is 212. The van der Waals surface area contributed by atoms with Gasteiger partial charge in [-0.15, -0.1) is 0 Å². The number of carboxylic acid groups (broad SMARTS) is 1. The maximum Gasteiger partial charge on any atom is 0.320 e. The smallest absolute Gasteiger partial charge is 0.320 e. The molecule has 4 nitrogen and oxygen atoms in total. The third-order valence-corrected chi connectivity index (χ3v) is 3.49. The molecule has 0 aromatic heterocycles. The van der Waals surface area contributed by atoms with Gasteiger partial charge >= 0.3 is 5.97 Å². The van der Waals surface area contributed by atoms with Crippen LogP contribution in [-0.4, -0.2) is 48.8 Å². The number of carboxylic acids is 1. The number of rotatable bonds is 6.